The van der Waals surface area contributed by atoms with Crippen LogP contribution in [0.15, 0.2) is 23.1 Å². The molecule has 1 amide bonds. The molecule has 1 heterocycles. The monoisotopic (exact) mass is 410 g/mol. The van der Waals surface area contributed by atoms with Crippen molar-refractivity contribution in [1.82, 2.24) is 14.3 Å². The van der Waals surface area contributed by atoms with Crippen molar-refractivity contribution in [2.75, 3.05) is 25.5 Å². The van der Waals surface area contributed by atoms with Gasteiger partial charge in [0, 0.05) is 13.1 Å². The third-order valence-electron chi connectivity index (χ3n) is 4.41. The lowest BCUT2D eigenvalue weighted by Crippen LogP contribution is -2.34. The van der Waals surface area contributed by atoms with Crippen molar-refractivity contribution in [3.8, 4) is 0 Å². The number of aromatic amines is 1. The minimum absolute atomic E-state index is 0.202. The average Bonchev–Trinajstić information content (AvgIpc) is 3.01. The second kappa shape index (κ2) is 9.38. The molecule has 0 aliphatic carbocycles. The molecular formula is C19H30N4O4S. The van der Waals surface area contributed by atoms with Crippen LogP contribution in [0.2, 0.25) is 0 Å². The summed E-state index contributed by atoms with van der Waals surface area (Å²) in [5.74, 6) is 1.03. The van der Waals surface area contributed by atoms with Gasteiger partial charge in [0.05, 0.1) is 23.0 Å². The van der Waals surface area contributed by atoms with Crippen molar-refractivity contribution in [3.63, 3.8) is 0 Å². The molecule has 2 aromatic rings. The molecule has 9 heteroatoms. The summed E-state index contributed by atoms with van der Waals surface area (Å²) in [6, 6.07) is 4.74. The molecule has 0 aliphatic heterocycles. The van der Waals surface area contributed by atoms with Crippen LogP contribution in [0.1, 0.15) is 40.5 Å². The number of ether oxygens (including phenoxy) is 1. The molecule has 1 aromatic heterocycles. The predicted octanol–water partition coefficient (Wildman–Crippen LogP) is 3.82. The Morgan fingerprint density at radius 3 is 2.32 bits per heavy atom. The fraction of sp³-hybridized carbons (Fsp3) is 0.579. The molecule has 0 saturated carbocycles. The highest BCUT2D eigenvalue weighted by atomic mass is 32.2. The van der Waals surface area contributed by atoms with E-state index in [0.717, 1.165) is 12.8 Å². The summed E-state index contributed by atoms with van der Waals surface area (Å²) in [7, 11) is -2.37. The van der Waals surface area contributed by atoms with E-state index in [9.17, 15) is 13.2 Å². The number of nitrogens with one attached hydrogen (secondary N) is 2. The van der Waals surface area contributed by atoms with Crippen LogP contribution in [0.3, 0.4) is 0 Å². The van der Waals surface area contributed by atoms with Crippen LogP contribution in [0, 0.1) is 11.8 Å². The molecule has 1 aromatic carbocycles. The number of hydrogen-bond acceptors (Lipinski definition) is 5. The number of benzene rings is 1. The highest BCUT2D eigenvalue weighted by Gasteiger charge is 2.25. The zero-order valence-corrected chi connectivity index (χ0v) is 18.0. The summed E-state index contributed by atoms with van der Waals surface area (Å²) < 4.78 is 32.6. The van der Waals surface area contributed by atoms with Gasteiger partial charge in [-0.3, -0.25) is 5.32 Å². The third kappa shape index (κ3) is 5.68. The van der Waals surface area contributed by atoms with Crippen LogP contribution in [-0.4, -0.2) is 49.0 Å². The normalized spacial score (nSPS) is 12.3. The van der Waals surface area contributed by atoms with Gasteiger partial charge in [0.15, 0.2) is 0 Å². The van der Waals surface area contributed by atoms with Gasteiger partial charge < -0.3 is 9.72 Å². The smallest absolute Gasteiger partial charge is 0.413 e. The van der Waals surface area contributed by atoms with Crippen molar-refractivity contribution < 1.29 is 17.9 Å². The molecule has 28 heavy (non-hydrogen) atoms. The molecule has 0 radical (unpaired) electrons. The molecular weight excluding hydrogens is 380 g/mol. The first-order valence-electron chi connectivity index (χ1n) is 9.48. The number of hydrogen-bond donors (Lipinski definition) is 2. The second-order valence-corrected chi connectivity index (χ2v) is 9.59. The SMILES string of the molecule is COC(=O)Nc1nc2ccc(S(=O)(=O)N(CCC(C)C)CCC(C)C)cc2[nH]1. The molecule has 0 unspecified atom stereocenters. The van der Waals surface area contributed by atoms with Crippen LogP contribution in [0.25, 0.3) is 11.0 Å². The number of aromatic nitrogens is 2. The summed E-state index contributed by atoms with van der Waals surface area (Å²) in [5.41, 5.74) is 1.08. The van der Waals surface area contributed by atoms with Crippen LogP contribution in [0.4, 0.5) is 10.7 Å². The van der Waals surface area contributed by atoms with Crippen molar-refractivity contribution in [2.45, 2.75) is 45.4 Å². The maximum Gasteiger partial charge on any atom is 0.413 e. The third-order valence-corrected chi connectivity index (χ3v) is 6.30. The molecule has 0 spiro atoms. The van der Waals surface area contributed by atoms with E-state index >= 15 is 0 Å². The van der Waals surface area contributed by atoms with E-state index in [1.54, 1.807) is 22.5 Å². The van der Waals surface area contributed by atoms with Gasteiger partial charge in [0.25, 0.3) is 0 Å². The Kier molecular flexibility index (Phi) is 7.42. The Labute approximate surface area is 166 Å². The highest BCUT2D eigenvalue weighted by molar-refractivity contribution is 7.89. The molecule has 2 N–H and O–H groups in total. The van der Waals surface area contributed by atoms with Gasteiger partial charge in [-0.15, -0.1) is 0 Å². The molecule has 2 rings (SSSR count). The number of rotatable bonds is 9. The largest absolute Gasteiger partial charge is 0.453 e. The molecule has 8 nitrogen and oxygen atoms in total. The summed E-state index contributed by atoms with van der Waals surface area (Å²) in [5, 5.41) is 2.44. The van der Waals surface area contributed by atoms with E-state index in [1.807, 2.05) is 0 Å². The van der Waals surface area contributed by atoms with E-state index in [-0.39, 0.29) is 10.8 Å². The van der Waals surface area contributed by atoms with Gasteiger partial charge in [0.2, 0.25) is 16.0 Å². The molecule has 156 valence electrons. The molecule has 0 fully saturated rings. The fourth-order valence-electron chi connectivity index (χ4n) is 2.66. The van der Waals surface area contributed by atoms with Crippen LogP contribution >= 0.6 is 0 Å². The number of H-pyrrole nitrogens is 1. The predicted molar refractivity (Wildman–Crippen MR) is 110 cm³/mol. The average molecular weight is 411 g/mol. The number of nitrogens with zero attached hydrogens (tertiary/aromatic N) is 2. The van der Waals surface area contributed by atoms with Crippen LogP contribution in [-0.2, 0) is 14.8 Å². The lowest BCUT2D eigenvalue weighted by molar-refractivity contribution is 0.186. The van der Waals surface area contributed by atoms with Gasteiger partial charge in [-0.05, 0) is 42.9 Å². The first-order chi connectivity index (χ1) is 13.1. The number of sulfonamides is 1. The quantitative estimate of drug-likeness (QED) is 0.654. The summed E-state index contributed by atoms with van der Waals surface area (Å²) in [6.45, 7) is 9.31. The van der Waals surface area contributed by atoms with E-state index in [4.69, 9.17) is 0 Å². The first kappa shape index (κ1) is 22.2. The van der Waals surface area contributed by atoms with Gasteiger partial charge in [-0.25, -0.2) is 18.2 Å². The molecule has 0 atom stereocenters. The first-order valence-corrected chi connectivity index (χ1v) is 10.9. The number of carbonyl (C=O) groups is 1. The maximum absolute atomic E-state index is 13.2. The molecule has 0 aliphatic rings. The van der Waals surface area contributed by atoms with E-state index in [0.29, 0.717) is 36.0 Å². The van der Waals surface area contributed by atoms with E-state index in [1.165, 1.54) is 7.11 Å². The molecule has 0 bridgehead atoms. The molecule has 0 saturated heterocycles. The fourth-order valence-corrected chi connectivity index (χ4v) is 4.16. The standard InChI is InChI=1S/C19H30N4O4S/c1-13(2)8-10-23(11-9-14(3)4)28(25,26)15-6-7-16-17(12-15)21-18(20-16)22-19(24)27-5/h6-7,12-14H,8-11H2,1-5H3,(H2,20,21,22,24). The number of imidazole rings is 1. The van der Waals surface area contributed by atoms with Crippen LogP contribution < -0.4 is 5.32 Å². The lowest BCUT2D eigenvalue weighted by Gasteiger charge is -2.24. The second-order valence-electron chi connectivity index (χ2n) is 7.65. The summed E-state index contributed by atoms with van der Waals surface area (Å²) in [6.07, 6.45) is 0.952. The summed E-state index contributed by atoms with van der Waals surface area (Å²) >= 11 is 0. The Balaban J connectivity index is 2.31. The number of anilines is 1. The Morgan fingerprint density at radius 2 is 1.79 bits per heavy atom. The van der Waals surface area contributed by atoms with Gasteiger partial charge in [-0.1, -0.05) is 27.7 Å². The zero-order valence-electron chi connectivity index (χ0n) is 17.2. The minimum Gasteiger partial charge on any atom is -0.453 e. The topological polar surface area (TPSA) is 104 Å². The Hall–Kier alpha value is -2.13. The van der Waals surface area contributed by atoms with Gasteiger partial charge in [0.1, 0.15) is 0 Å². The zero-order chi connectivity index (χ0) is 20.9. The minimum atomic E-state index is -3.63. The number of carbonyl (C=O) groups excluding carboxylic acids is 1. The maximum atomic E-state index is 13.2. The van der Waals surface area contributed by atoms with Crippen molar-refractivity contribution in [3.05, 3.63) is 18.2 Å². The number of methoxy groups -OCH3 is 1. The Morgan fingerprint density at radius 1 is 1.18 bits per heavy atom. The van der Waals surface area contributed by atoms with Crippen molar-refractivity contribution >= 4 is 33.1 Å². The highest BCUT2D eigenvalue weighted by Crippen LogP contribution is 2.23. The van der Waals surface area contributed by atoms with E-state index in [2.05, 4.69) is 47.7 Å². The van der Waals surface area contributed by atoms with Gasteiger partial charge in [-0.2, -0.15) is 4.31 Å². The lowest BCUT2D eigenvalue weighted by atomic mass is 10.1. The Bertz CT molecular complexity index is 894. The summed E-state index contributed by atoms with van der Waals surface area (Å²) in [4.78, 5) is 18.7. The number of fused-ring (bicyclic) bond motifs is 1. The van der Waals surface area contributed by atoms with Crippen molar-refractivity contribution in [2.24, 2.45) is 11.8 Å². The van der Waals surface area contributed by atoms with Crippen LogP contribution in [0.5, 0.6) is 0 Å². The number of amides is 1. The van der Waals surface area contributed by atoms with Crippen molar-refractivity contribution in [1.29, 1.82) is 0 Å². The van der Waals surface area contributed by atoms with Gasteiger partial charge >= 0.3 is 6.09 Å². The van der Waals surface area contributed by atoms with E-state index < -0.39 is 16.1 Å².